The monoisotopic (exact) mass is 272 g/mol. The van der Waals surface area contributed by atoms with Gasteiger partial charge in [-0.2, -0.15) is 0 Å². The molecule has 108 valence electrons. The van der Waals surface area contributed by atoms with Gasteiger partial charge in [0.15, 0.2) is 8.32 Å². The summed E-state index contributed by atoms with van der Waals surface area (Å²) in [7, 11) is -1.68. The molecule has 0 aromatic heterocycles. The van der Waals surface area contributed by atoms with E-state index in [2.05, 4.69) is 60.7 Å². The lowest BCUT2D eigenvalue weighted by Crippen LogP contribution is -2.44. The van der Waals surface area contributed by atoms with E-state index in [1.807, 2.05) is 0 Å². The first-order valence-corrected chi connectivity index (χ1v) is 9.88. The first kappa shape index (κ1) is 17.9. The number of aliphatic hydroxyl groups is 1. The van der Waals surface area contributed by atoms with E-state index < -0.39 is 8.32 Å². The van der Waals surface area contributed by atoms with Crippen LogP contribution in [-0.2, 0) is 4.43 Å². The predicted molar refractivity (Wildman–Crippen MR) is 82.4 cm³/mol. The highest BCUT2D eigenvalue weighted by Crippen LogP contribution is 2.38. The Morgan fingerprint density at radius 2 is 1.78 bits per heavy atom. The van der Waals surface area contributed by atoms with Crippen LogP contribution in [0.2, 0.25) is 18.1 Å². The van der Waals surface area contributed by atoms with Crippen molar-refractivity contribution in [1.82, 2.24) is 0 Å². The molecule has 0 saturated carbocycles. The average molecular weight is 273 g/mol. The van der Waals surface area contributed by atoms with Crippen molar-refractivity contribution in [2.24, 2.45) is 5.92 Å². The third-order valence-electron chi connectivity index (χ3n) is 4.08. The second-order valence-electron chi connectivity index (χ2n) is 6.93. The Kier molecular flexibility index (Phi) is 6.83. The zero-order valence-corrected chi connectivity index (χ0v) is 14.5. The minimum absolute atomic E-state index is 0.229. The van der Waals surface area contributed by atoms with E-state index in [0.29, 0.717) is 5.92 Å². The Balaban J connectivity index is 4.59. The van der Waals surface area contributed by atoms with E-state index in [4.69, 9.17) is 9.53 Å². The topological polar surface area (TPSA) is 29.5 Å². The summed E-state index contributed by atoms with van der Waals surface area (Å²) in [6.45, 7) is 18.0. The maximum atomic E-state index is 8.92. The molecule has 3 heteroatoms. The first-order valence-electron chi connectivity index (χ1n) is 6.97. The molecule has 0 unspecified atom stereocenters. The summed E-state index contributed by atoms with van der Waals surface area (Å²) in [5.74, 6) is 0.394. The minimum Gasteiger partial charge on any atom is -0.414 e. The molecule has 0 heterocycles. The lowest BCUT2D eigenvalue weighted by Gasteiger charge is -2.39. The van der Waals surface area contributed by atoms with Gasteiger partial charge in [0.2, 0.25) is 0 Å². The highest BCUT2D eigenvalue weighted by atomic mass is 28.4. The van der Waals surface area contributed by atoms with E-state index in [1.54, 1.807) is 0 Å². The number of aliphatic hydroxyl groups excluding tert-OH is 1. The molecule has 1 N–H and O–H groups in total. The fraction of sp³-hybridized carbons (Fsp3) is 0.867. The van der Waals surface area contributed by atoms with E-state index >= 15 is 0 Å². The number of hydrogen-bond donors (Lipinski definition) is 1. The van der Waals surface area contributed by atoms with Crippen LogP contribution in [0, 0.1) is 5.92 Å². The third kappa shape index (κ3) is 5.68. The predicted octanol–water partition coefficient (Wildman–Crippen LogP) is 4.36. The maximum Gasteiger partial charge on any atom is 0.192 e. The molecule has 0 aliphatic rings. The summed E-state index contributed by atoms with van der Waals surface area (Å²) in [4.78, 5) is 0. The fourth-order valence-electron chi connectivity index (χ4n) is 1.59. The van der Waals surface area contributed by atoms with Gasteiger partial charge in [-0.1, -0.05) is 39.3 Å². The second kappa shape index (κ2) is 6.87. The summed E-state index contributed by atoms with van der Waals surface area (Å²) in [6.07, 6.45) is 3.23. The van der Waals surface area contributed by atoms with Crippen LogP contribution in [0.3, 0.4) is 0 Å². The molecule has 0 fully saturated rings. The van der Waals surface area contributed by atoms with Crippen molar-refractivity contribution in [3.05, 3.63) is 11.6 Å². The first-order chi connectivity index (χ1) is 8.01. The quantitative estimate of drug-likeness (QED) is 0.575. The van der Waals surface area contributed by atoms with Crippen molar-refractivity contribution in [3.63, 3.8) is 0 Å². The fourth-order valence-corrected chi connectivity index (χ4v) is 3.09. The molecule has 0 aromatic carbocycles. The van der Waals surface area contributed by atoms with E-state index in [0.717, 1.165) is 6.42 Å². The third-order valence-corrected chi connectivity index (χ3v) is 8.65. The van der Waals surface area contributed by atoms with Gasteiger partial charge in [0.1, 0.15) is 0 Å². The van der Waals surface area contributed by atoms with Gasteiger partial charge in [-0.05, 0) is 44.3 Å². The summed E-state index contributed by atoms with van der Waals surface area (Å²) in [5, 5.41) is 9.17. The van der Waals surface area contributed by atoms with E-state index in [-0.39, 0.29) is 17.7 Å². The minimum atomic E-state index is -1.68. The SMILES string of the molecule is C/C(=C/[C@@H](C)[C@@H](C)O[Si](C)(C)C(C)(C)C)CCO. The summed E-state index contributed by atoms with van der Waals surface area (Å²) in [6, 6.07) is 0. The van der Waals surface area contributed by atoms with E-state index in [9.17, 15) is 0 Å². The number of hydrogen-bond acceptors (Lipinski definition) is 2. The smallest absolute Gasteiger partial charge is 0.192 e. The molecule has 0 saturated heterocycles. The van der Waals surface area contributed by atoms with Crippen LogP contribution in [-0.4, -0.2) is 26.1 Å². The number of rotatable bonds is 6. The molecule has 0 amide bonds. The average Bonchev–Trinajstić information content (AvgIpc) is 2.15. The molecule has 0 aromatic rings. The van der Waals surface area contributed by atoms with Crippen LogP contribution >= 0.6 is 0 Å². The van der Waals surface area contributed by atoms with Gasteiger partial charge in [-0.3, -0.25) is 0 Å². The normalized spacial score (nSPS) is 17.7. The highest BCUT2D eigenvalue weighted by Gasteiger charge is 2.38. The highest BCUT2D eigenvalue weighted by molar-refractivity contribution is 6.74. The maximum absolute atomic E-state index is 8.92. The molecule has 18 heavy (non-hydrogen) atoms. The van der Waals surface area contributed by atoms with Gasteiger partial charge in [-0.25, -0.2) is 0 Å². The summed E-state index contributed by atoms with van der Waals surface area (Å²) in [5.41, 5.74) is 1.25. The largest absolute Gasteiger partial charge is 0.414 e. The van der Waals surface area contributed by atoms with Gasteiger partial charge >= 0.3 is 0 Å². The van der Waals surface area contributed by atoms with Gasteiger partial charge in [0.25, 0.3) is 0 Å². The second-order valence-corrected chi connectivity index (χ2v) is 11.7. The molecule has 0 rings (SSSR count). The Morgan fingerprint density at radius 3 is 2.17 bits per heavy atom. The van der Waals surface area contributed by atoms with Gasteiger partial charge in [0, 0.05) is 12.7 Å². The van der Waals surface area contributed by atoms with Crippen LogP contribution in [0.15, 0.2) is 11.6 Å². The van der Waals surface area contributed by atoms with E-state index in [1.165, 1.54) is 5.57 Å². The Morgan fingerprint density at radius 1 is 1.28 bits per heavy atom. The zero-order chi connectivity index (χ0) is 14.6. The van der Waals surface area contributed by atoms with Crippen molar-refractivity contribution in [2.75, 3.05) is 6.61 Å². The van der Waals surface area contributed by atoms with Crippen molar-refractivity contribution in [2.45, 2.75) is 72.2 Å². The zero-order valence-electron chi connectivity index (χ0n) is 13.5. The molecule has 2 atom stereocenters. The Hall–Kier alpha value is -0.123. The molecule has 0 bridgehead atoms. The van der Waals surface area contributed by atoms with Crippen LogP contribution in [0.5, 0.6) is 0 Å². The molecule has 0 spiro atoms. The molecular weight excluding hydrogens is 240 g/mol. The molecule has 0 aliphatic carbocycles. The standard InChI is InChI=1S/C15H32O2Si/c1-12(9-10-16)11-13(2)14(3)17-18(7,8)15(4,5)6/h11,13-14,16H,9-10H2,1-8H3/b12-11-/t13-,14-/m1/s1. The Bertz CT molecular complexity index is 277. The van der Waals surface area contributed by atoms with Gasteiger partial charge in [-0.15, -0.1) is 0 Å². The molecule has 0 radical (unpaired) electrons. The van der Waals surface area contributed by atoms with Crippen LogP contribution < -0.4 is 0 Å². The summed E-state index contributed by atoms with van der Waals surface area (Å²) >= 11 is 0. The lowest BCUT2D eigenvalue weighted by atomic mass is 10.0. The van der Waals surface area contributed by atoms with Crippen molar-refractivity contribution < 1.29 is 9.53 Å². The van der Waals surface area contributed by atoms with Gasteiger partial charge in [0.05, 0.1) is 0 Å². The van der Waals surface area contributed by atoms with Crippen LogP contribution in [0.4, 0.5) is 0 Å². The lowest BCUT2D eigenvalue weighted by molar-refractivity contribution is 0.163. The molecular formula is C15H32O2Si. The molecule has 2 nitrogen and oxygen atoms in total. The van der Waals surface area contributed by atoms with Crippen LogP contribution in [0.25, 0.3) is 0 Å². The van der Waals surface area contributed by atoms with Crippen molar-refractivity contribution in [3.8, 4) is 0 Å². The Labute approximate surface area is 115 Å². The summed E-state index contributed by atoms with van der Waals surface area (Å²) < 4.78 is 6.37. The molecule has 0 aliphatic heterocycles. The van der Waals surface area contributed by atoms with Crippen molar-refractivity contribution in [1.29, 1.82) is 0 Å². The van der Waals surface area contributed by atoms with Gasteiger partial charge < -0.3 is 9.53 Å². The van der Waals surface area contributed by atoms with Crippen LogP contribution in [0.1, 0.15) is 48.0 Å². The van der Waals surface area contributed by atoms with Crippen molar-refractivity contribution >= 4 is 8.32 Å².